The van der Waals surface area contributed by atoms with Crippen LogP contribution in [0.5, 0.6) is 11.8 Å². The molecule has 0 bridgehead atoms. The number of halogens is 1. The third kappa shape index (κ3) is 5.55. The number of hydrogen-bond acceptors (Lipinski definition) is 6. The van der Waals surface area contributed by atoms with Gasteiger partial charge in [-0.2, -0.15) is 9.97 Å². The Kier molecular flexibility index (Phi) is 7.36. The largest absolute Gasteiger partial charge is 0.422 e. The van der Waals surface area contributed by atoms with Gasteiger partial charge in [0.1, 0.15) is 0 Å². The van der Waals surface area contributed by atoms with Gasteiger partial charge in [-0.05, 0) is 43.5 Å². The molecule has 0 aliphatic heterocycles. The zero-order valence-electron chi connectivity index (χ0n) is 18.6. The Morgan fingerprint density at radius 2 is 1.91 bits per heavy atom. The van der Waals surface area contributed by atoms with E-state index in [1.165, 1.54) is 4.57 Å². The third-order valence-electron chi connectivity index (χ3n) is 4.92. The van der Waals surface area contributed by atoms with Crippen LogP contribution < -0.4 is 10.3 Å². The molecule has 2 heterocycles. The van der Waals surface area contributed by atoms with Crippen LogP contribution in [0.3, 0.4) is 0 Å². The minimum absolute atomic E-state index is 0.00138. The number of rotatable bonds is 8. The molecule has 32 heavy (non-hydrogen) atoms. The topological polar surface area (TPSA) is 91.2 Å². The van der Waals surface area contributed by atoms with Crippen molar-refractivity contribution in [2.24, 2.45) is 7.05 Å². The monoisotopic (exact) mass is 475 g/mol. The molecular weight excluding hydrogens is 450 g/mol. The van der Waals surface area contributed by atoms with Gasteiger partial charge in [0.15, 0.2) is 15.6 Å². The lowest BCUT2D eigenvalue weighted by molar-refractivity contribution is 0.436. The molecule has 0 unspecified atom stereocenters. The van der Waals surface area contributed by atoms with E-state index in [0.29, 0.717) is 46.1 Å². The second-order valence-electron chi connectivity index (χ2n) is 7.63. The molecular formula is C23H26ClN3O4S. The number of nitrogens with zero attached hydrogens (tertiary/aromatic N) is 3. The summed E-state index contributed by atoms with van der Waals surface area (Å²) in [6, 6.07) is 8.77. The van der Waals surface area contributed by atoms with Crippen molar-refractivity contribution in [1.82, 2.24) is 14.5 Å². The van der Waals surface area contributed by atoms with Gasteiger partial charge >= 0.3 is 6.01 Å². The molecule has 3 aromatic rings. The average molecular weight is 476 g/mol. The van der Waals surface area contributed by atoms with Gasteiger partial charge in [0.2, 0.25) is 0 Å². The fourth-order valence-corrected chi connectivity index (χ4v) is 5.00. The van der Waals surface area contributed by atoms with Gasteiger partial charge in [0.25, 0.3) is 5.56 Å². The molecule has 2 aromatic heterocycles. The first kappa shape index (κ1) is 23.9. The molecule has 0 fully saturated rings. The summed E-state index contributed by atoms with van der Waals surface area (Å²) in [5.74, 6) is 0.264. The van der Waals surface area contributed by atoms with Crippen molar-refractivity contribution >= 4 is 21.4 Å². The zero-order chi connectivity index (χ0) is 23.5. The van der Waals surface area contributed by atoms with Crippen molar-refractivity contribution in [2.75, 3.05) is 5.75 Å². The highest BCUT2D eigenvalue weighted by molar-refractivity contribution is 7.90. The second kappa shape index (κ2) is 9.83. The zero-order valence-corrected chi connectivity index (χ0v) is 20.1. The van der Waals surface area contributed by atoms with Crippen LogP contribution in [-0.4, -0.2) is 28.7 Å². The number of ether oxygens (including phenoxy) is 1. The highest BCUT2D eigenvalue weighted by Gasteiger charge is 2.18. The maximum atomic E-state index is 12.5. The van der Waals surface area contributed by atoms with E-state index in [9.17, 15) is 13.2 Å². The van der Waals surface area contributed by atoms with Crippen LogP contribution in [0, 0.1) is 6.92 Å². The summed E-state index contributed by atoms with van der Waals surface area (Å²) in [4.78, 5) is 21.0. The van der Waals surface area contributed by atoms with Gasteiger partial charge in [0, 0.05) is 24.4 Å². The van der Waals surface area contributed by atoms with Gasteiger partial charge in [-0.1, -0.05) is 37.6 Å². The van der Waals surface area contributed by atoms with E-state index in [1.54, 1.807) is 38.4 Å². The van der Waals surface area contributed by atoms with E-state index >= 15 is 0 Å². The van der Waals surface area contributed by atoms with Crippen LogP contribution in [0.4, 0.5) is 0 Å². The second-order valence-corrected chi connectivity index (χ2v) is 10.2. The Morgan fingerprint density at radius 1 is 1.16 bits per heavy atom. The molecule has 0 aliphatic rings. The maximum Gasteiger partial charge on any atom is 0.322 e. The van der Waals surface area contributed by atoms with Gasteiger partial charge in [0.05, 0.1) is 27.9 Å². The predicted molar refractivity (Wildman–Crippen MR) is 126 cm³/mol. The minimum atomic E-state index is -3.34. The molecule has 3 rings (SSSR count). The van der Waals surface area contributed by atoms with Crippen LogP contribution in [0.1, 0.15) is 37.1 Å². The van der Waals surface area contributed by atoms with E-state index in [-0.39, 0.29) is 23.1 Å². The standard InChI is InChI=1S/C23H26ClN3O4S/c1-5-10-32(29,30)14-18-12-20(17-11-15(3)22(28)27(4)13-17)26-23(25-18)31-21-16(6-2)8-7-9-19(21)24/h7-9,11-13H,5-6,10,14H2,1-4H3. The van der Waals surface area contributed by atoms with E-state index in [2.05, 4.69) is 9.97 Å². The van der Waals surface area contributed by atoms with E-state index in [1.807, 2.05) is 26.0 Å². The summed E-state index contributed by atoms with van der Waals surface area (Å²) in [5.41, 5.74) is 2.74. The Labute approximate surface area is 193 Å². The molecule has 0 saturated carbocycles. The molecule has 0 amide bonds. The van der Waals surface area contributed by atoms with Crippen molar-refractivity contribution in [3.8, 4) is 23.0 Å². The van der Waals surface area contributed by atoms with Gasteiger partial charge in [-0.15, -0.1) is 0 Å². The fourth-order valence-electron chi connectivity index (χ4n) is 3.40. The number of sulfone groups is 1. The lowest BCUT2D eigenvalue weighted by atomic mass is 10.1. The van der Waals surface area contributed by atoms with Gasteiger partial charge < -0.3 is 9.30 Å². The molecule has 170 valence electrons. The highest BCUT2D eigenvalue weighted by atomic mass is 35.5. The third-order valence-corrected chi connectivity index (χ3v) is 6.99. The summed E-state index contributed by atoms with van der Waals surface area (Å²) in [6.07, 6.45) is 2.86. The van der Waals surface area contributed by atoms with Crippen LogP contribution in [0.2, 0.25) is 5.02 Å². The molecule has 0 aliphatic carbocycles. The molecule has 0 N–H and O–H groups in total. The van der Waals surface area contributed by atoms with Crippen molar-refractivity contribution in [3.63, 3.8) is 0 Å². The fraction of sp³-hybridized carbons (Fsp3) is 0.348. The molecule has 7 nitrogen and oxygen atoms in total. The molecule has 0 saturated heterocycles. The Bertz CT molecular complexity index is 1280. The van der Waals surface area contributed by atoms with E-state index < -0.39 is 9.84 Å². The molecule has 1 aromatic carbocycles. The number of benzene rings is 1. The van der Waals surface area contributed by atoms with Gasteiger partial charge in [-0.25, -0.2) is 8.42 Å². The summed E-state index contributed by atoms with van der Waals surface area (Å²) < 4.78 is 32.4. The van der Waals surface area contributed by atoms with Crippen LogP contribution >= 0.6 is 11.6 Å². The van der Waals surface area contributed by atoms with Crippen molar-refractivity contribution in [2.45, 2.75) is 39.4 Å². The van der Waals surface area contributed by atoms with E-state index in [4.69, 9.17) is 16.3 Å². The maximum absolute atomic E-state index is 12.5. The SMILES string of the molecule is CCCS(=O)(=O)Cc1cc(-c2cc(C)c(=O)n(C)c2)nc(Oc2c(Cl)cccc2CC)n1. The van der Waals surface area contributed by atoms with Crippen LogP contribution in [-0.2, 0) is 29.1 Å². The van der Waals surface area contributed by atoms with Crippen LogP contribution in [0.15, 0.2) is 41.3 Å². The number of hydrogen-bond donors (Lipinski definition) is 0. The summed E-state index contributed by atoms with van der Waals surface area (Å²) in [5, 5.41) is 0.413. The Balaban J connectivity index is 2.14. The number of aryl methyl sites for hydroxylation is 3. The average Bonchev–Trinajstić information content (AvgIpc) is 2.72. The quantitative estimate of drug-likeness (QED) is 0.477. The molecule has 0 radical (unpaired) electrons. The predicted octanol–water partition coefficient (Wildman–Crippen LogP) is 4.48. The molecule has 0 spiro atoms. The number of aromatic nitrogens is 3. The lowest BCUT2D eigenvalue weighted by Crippen LogP contribution is -2.18. The molecule has 9 heteroatoms. The summed E-state index contributed by atoms with van der Waals surface area (Å²) >= 11 is 6.35. The minimum Gasteiger partial charge on any atom is -0.422 e. The summed E-state index contributed by atoms with van der Waals surface area (Å²) in [7, 11) is -1.69. The first-order valence-corrected chi connectivity index (χ1v) is 12.5. The van der Waals surface area contributed by atoms with E-state index in [0.717, 1.165) is 5.56 Å². The number of para-hydroxylation sites is 1. The summed E-state index contributed by atoms with van der Waals surface area (Å²) in [6.45, 7) is 5.51. The van der Waals surface area contributed by atoms with Crippen molar-refractivity contribution in [3.05, 3.63) is 68.7 Å². The highest BCUT2D eigenvalue weighted by Crippen LogP contribution is 2.33. The first-order valence-electron chi connectivity index (χ1n) is 10.3. The first-order chi connectivity index (χ1) is 15.1. The lowest BCUT2D eigenvalue weighted by Gasteiger charge is -2.13. The normalized spacial score (nSPS) is 11.5. The van der Waals surface area contributed by atoms with Crippen molar-refractivity contribution in [1.29, 1.82) is 0 Å². The Hall–Kier alpha value is -2.71. The smallest absolute Gasteiger partial charge is 0.322 e. The Morgan fingerprint density at radius 3 is 2.56 bits per heavy atom. The van der Waals surface area contributed by atoms with Crippen LogP contribution in [0.25, 0.3) is 11.3 Å². The van der Waals surface area contributed by atoms with Crippen molar-refractivity contribution < 1.29 is 13.2 Å². The molecule has 0 atom stereocenters. The van der Waals surface area contributed by atoms with Gasteiger partial charge in [-0.3, -0.25) is 4.79 Å². The number of pyridine rings is 1.